The van der Waals surface area contributed by atoms with Crippen molar-refractivity contribution in [2.75, 3.05) is 7.11 Å². The van der Waals surface area contributed by atoms with Crippen molar-refractivity contribution < 1.29 is 23.9 Å². The summed E-state index contributed by atoms with van der Waals surface area (Å²) in [6.45, 7) is 6.40. The molecule has 9 nitrogen and oxygen atoms in total. The Balaban J connectivity index is 1.79. The number of aromatic amines is 1. The standard InChI is InChI=1S/C21H22N4O5/c1-11-16(20(27)29-5)12(2)22-17(11)19(26)14(4)30-21(28)18-13(3)23-25(24-18)15-9-7-6-8-10-15/h6-10,14,22H,1-5H3. The van der Waals surface area contributed by atoms with Crippen LogP contribution in [0, 0.1) is 20.8 Å². The maximum atomic E-state index is 12.8. The summed E-state index contributed by atoms with van der Waals surface area (Å²) < 4.78 is 10.1. The molecule has 3 aromatic rings. The topological polar surface area (TPSA) is 116 Å². The van der Waals surface area contributed by atoms with E-state index in [1.165, 1.54) is 18.8 Å². The maximum absolute atomic E-state index is 12.8. The van der Waals surface area contributed by atoms with Crippen LogP contribution >= 0.6 is 0 Å². The van der Waals surface area contributed by atoms with E-state index in [0.717, 1.165) is 0 Å². The first kappa shape index (κ1) is 21.0. The first-order valence-corrected chi connectivity index (χ1v) is 9.26. The van der Waals surface area contributed by atoms with Gasteiger partial charge >= 0.3 is 11.9 Å². The zero-order valence-electron chi connectivity index (χ0n) is 17.3. The normalized spacial score (nSPS) is 11.8. The quantitative estimate of drug-likeness (QED) is 0.490. The largest absolute Gasteiger partial charge is 0.465 e. The van der Waals surface area contributed by atoms with E-state index in [1.807, 2.05) is 18.2 Å². The van der Waals surface area contributed by atoms with Crippen LogP contribution in [0.15, 0.2) is 30.3 Å². The lowest BCUT2D eigenvalue weighted by Gasteiger charge is -2.11. The molecular formula is C21H22N4O5. The molecule has 0 amide bonds. The van der Waals surface area contributed by atoms with Crippen LogP contribution in [0.25, 0.3) is 5.69 Å². The minimum Gasteiger partial charge on any atom is -0.465 e. The van der Waals surface area contributed by atoms with Gasteiger partial charge in [-0.15, -0.1) is 5.10 Å². The Hall–Kier alpha value is -3.75. The summed E-state index contributed by atoms with van der Waals surface area (Å²) >= 11 is 0. The van der Waals surface area contributed by atoms with E-state index in [-0.39, 0.29) is 11.4 Å². The number of esters is 2. The van der Waals surface area contributed by atoms with Crippen LogP contribution < -0.4 is 0 Å². The number of H-pyrrole nitrogens is 1. The SMILES string of the molecule is COC(=O)c1c(C)[nH]c(C(=O)C(C)OC(=O)c2nn(-c3ccccc3)nc2C)c1C. The van der Waals surface area contributed by atoms with Crippen LogP contribution in [0.5, 0.6) is 0 Å². The summed E-state index contributed by atoms with van der Waals surface area (Å²) in [6.07, 6.45) is -1.10. The minimum absolute atomic E-state index is 0.0214. The summed E-state index contributed by atoms with van der Waals surface area (Å²) in [5.74, 6) is -1.77. The Morgan fingerprint density at radius 3 is 2.33 bits per heavy atom. The molecule has 0 saturated heterocycles. The number of ether oxygens (including phenoxy) is 2. The van der Waals surface area contributed by atoms with Gasteiger partial charge in [0.05, 0.1) is 29.7 Å². The van der Waals surface area contributed by atoms with E-state index in [4.69, 9.17) is 9.47 Å². The van der Waals surface area contributed by atoms with Crippen molar-refractivity contribution >= 4 is 17.7 Å². The molecule has 0 radical (unpaired) electrons. The van der Waals surface area contributed by atoms with Gasteiger partial charge in [-0.2, -0.15) is 9.90 Å². The fourth-order valence-electron chi connectivity index (χ4n) is 3.12. The van der Waals surface area contributed by atoms with Gasteiger partial charge in [-0.3, -0.25) is 4.79 Å². The smallest absolute Gasteiger partial charge is 0.361 e. The number of Topliss-reactive ketones (excluding diaryl/α,β-unsaturated/α-hetero) is 1. The van der Waals surface area contributed by atoms with E-state index in [9.17, 15) is 14.4 Å². The fourth-order valence-corrected chi connectivity index (χ4v) is 3.12. The third kappa shape index (κ3) is 3.86. The second-order valence-electron chi connectivity index (χ2n) is 6.79. The van der Waals surface area contributed by atoms with Crippen molar-refractivity contribution in [1.29, 1.82) is 0 Å². The average Bonchev–Trinajstić information content (AvgIpc) is 3.26. The van der Waals surface area contributed by atoms with Gasteiger partial charge in [0.1, 0.15) is 0 Å². The van der Waals surface area contributed by atoms with E-state index in [2.05, 4.69) is 15.2 Å². The lowest BCUT2D eigenvalue weighted by molar-refractivity contribution is 0.0310. The Kier molecular flexibility index (Phi) is 5.81. The van der Waals surface area contributed by atoms with Crippen LogP contribution in [0.4, 0.5) is 0 Å². The van der Waals surface area contributed by atoms with Crippen LogP contribution in [-0.2, 0) is 9.47 Å². The molecule has 0 aliphatic heterocycles. The van der Waals surface area contributed by atoms with Gasteiger partial charge in [-0.05, 0) is 45.4 Å². The van der Waals surface area contributed by atoms with Crippen molar-refractivity contribution in [3.05, 3.63) is 64.2 Å². The molecular weight excluding hydrogens is 388 g/mol. The number of hydrogen-bond acceptors (Lipinski definition) is 7. The molecule has 9 heteroatoms. The van der Waals surface area contributed by atoms with E-state index in [0.29, 0.717) is 28.2 Å². The molecule has 3 rings (SSSR count). The number of hydrogen-bond donors (Lipinski definition) is 1. The maximum Gasteiger partial charge on any atom is 0.361 e. The zero-order chi connectivity index (χ0) is 22.0. The number of carbonyl (C=O) groups excluding carboxylic acids is 3. The summed E-state index contributed by atoms with van der Waals surface area (Å²) in [4.78, 5) is 41.6. The van der Waals surface area contributed by atoms with Crippen molar-refractivity contribution in [3.8, 4) is 5.69 Å². The van der Waals surface area contributed by atoms with Crippen molar-refractivity contribution in [3.63, 3.8) is 0 Å². The number of ketones is 1. The van der Waals surface area contributed by atoms with Gasteiger partial charge in [0.2, 0.25) is 5.78 Å². The number of methoxy groups -OCH3 is 1. The molecule has 1 atom stereocenters. The molecule has 1 N–H and O–H groups in total. The Bertz CT molecular complexity index is 1110. The first-order chi connectivity index (χ1) is 14.2. The van der Waals surface area contributed by atoms with Crippen LogP contribution in [0.2, 0.25) is 0 Å². The second-order valence-corrected chi connectivity index (χ2v) is 6.79. The van der Waals surface area contributed by atoms with E-state index < -0.39 is 23.8 Å². The molecule has 2 aromatic heterocycles. The molecule has 1 unspecified atom stereocenters. The lowest BCUT2D eigenvalue weighted by atomic mass is 10.1. The molecule has 0 saturated carbocycles. The molecule has 30 heavy (non-hydrogen) atoms. The van der Waals surface area contributed by atoms with Crippen LogP contribution in [0.3, 0.4) is 0 Å². The predicted octanol–water partition coefficient (Wildman–Crippen LogP) is 2.74. The number of nitrogens with zero attached hydrogens (tertiary/aromatic N) is 3. The van der Waals surface area contributed by atoms with E-state index >= 15 is 0 Å². The summed E-state index contributed by atoms with van der Waals surface area (Å²) in [6, 6.07) is 9.12. The number of aryl methyl sites for hydroxylation is 2. The molecule has 0 bridgehead atoms. The minimum atomic E-state index is -1.10. The van der Waals surface area contributed by atoms with Gasteiger partial charge < -0.3 is 14.5 Å². The number of aromatic nitrogens is 4. The molecule has 1 aromatic carbocycles. The predicted molar refractivity (Wildman–Crippen MR) is 107 cm³/mol. The summed E-state index contributed by atoms with van der Waals surface area (Å²) in [5.41, 5.74) is 2.52. The van der Waals surface area contributed by atoms with Gasteiger partial charge in [-0.1, -0.05) is 18.2 Å². The van der Waals surface area contributed by atoms with Gasteiger partial charge in [0.15, 0.2) is 11.8 Å². The van der Waals surface area contributed by atoms with Crippen molar-refractivity contribution in [1.82, 2.24) is 20.0 Å². The van der Waals surface area contributed by atoms with Gasteiger partial charge in [0.25, 0.3) is 0 Å². The van der Waals surface area contributed by atoms with E-state index in [1.54, 1.807) is 32.9 Å². The summed E-state index contributed by atoms with van der Waals surface area (Å²) in [7, 11) is 1.27. The molecule has 0 aliphatic rings. The number of benzene rings is 1. The highest BCUT2D eigenvalue weighted by molar-refractivity contribution is 6.04. The zero-order valence-corrected chi connectivity index (χ0v) is 17.3. The third-order valence-corrected chi connectivity index (χ3v) is 4.69. The fraction of sp³-hybridized carbons (Fsp3) is 0.286. The number of rotatable bonds is 6. The summed E-state index contributed by atoms with van der Waals surface area (Å²) in [5, 5.41) is 8.42. The highest BCUT2D eigenvalue weighted by Crippen LogP contribution is 2.21. The molecule has 2 heterocycles. The first-order valence-electron chi connectivity index (χ1n) is 9.26. The third-order valence-electron chi connectivity index (χ3n) is 4.69. The average molecular weight is 410 g/mol. The van der Waals surface area contributed by atoms with Crippen LogP contribution in [-0.4, -0.2) is 50.9 Å². The van der Waals surface area contributed by atoms with Crippen molar-refractivity contribution in [2.24, 2.45) is 0 Å². The highest BCUT2D eigenvalue weighted by atomic mass is 16.5. The Morgan fingerprint density at radius 2 is 1.70 bits per heavy atom. The Morgan fingerprint density at radius 1 is 1.03 bits per heavy atom. The number of para-hydroxylation sites is 1. The lowest BCUT2D eigenvalue weighted by Crippen LogP contribution is -2.26. The number of carbonyl (C=O) groups is 3. The number of nitrogens with one attached hydrogen (secondary N) is 1. The molecule has 156 valence electrons. The molecule has 0 aliphatic carbocycles. The monoisotopic (exact) mass is 410 g/mol. The molecule has 0 fully saturated rings. The Labute approximate surface area is 173 Å². The van der Waals surface area contributed by atoms with Gasteiger partial charge in [0, 0.05) is 5.69 Å². The second kappa shape index (κ2) is 8.32. The molecule has 0 spiro atoms. The highest BCUT2D eigenvalue weighted by Gasteiger charge is 2.29. The van der Waals surface area contributed by atoms with Crippen LogP contribution in [0.1, 0.15) is 55.2 Å². The van der Waals surface area contributed by atoms with Crippen molar-refractivity contribution in [2.45, 2.75) is 33.8 Å². The van der Waals surface area contributed by atoms with Gasteiger partial charge in [-0.25, -0.2) is 9.59 Å².